The maximum atomic E-state index is 3.63. The van der Waals surface area contributed by atoms with Gasteiger partial charge in [-0.15, -0.1) is 0 Å². The lowest BCUT2D eigenvalue weighted by Crippen LogP contribution is -2.29. The van der Waals surface area contributed by atoms with E-state index in [9.17, 15) is 0 Å². The molecule has 82 valence electrons. The van der Waals surface area contributed by atoms with E-state index in [0.717, 1.165) is 12.5 Å². The van der Waals surface area contributed by atoms with Crippen LogP contribution in [0.25, 0.3) is 0 Å². The van der Waals surface area contributed by atoms with Gasteiger partial charge in [0.25, 0.3) is 0 Å². The minimum Gasteiger partial charge on any atom is -0.310 e. The summed E-state index contributed by atoms with van der Waals surface area (Å²) >= 11 is 0. The summed E-state index contributed by atoms with van der Waals surface area (Å²) in [6, 6.07) is 9.47. The van der Waals surface area contributed by atoms with Crippen LogP contribution in [-0.4, -0.2) is 6.54 Å². The number of rotatable bonds is 3. The first-order valence-corrected chi connectivity index (χ1v) is 6.08. The fourth-order valence-corrected chi connectivity index (χ4v) is 2.35. The zero-order valence-electron chi connectivity index (χ0n) is 9.79. The summed E-state index contributed by atoms with van der Waals surface area (Å²) in [6.45, 7) is 5.74. The predicted octanol–water partition coefficient (Wildman–Crippen LogP) is 3.31. The lowest BCUT2D eigenvalue weighted by atomic mass is 9.90. The molecule has 1 aliphatic rings. The van der Waals surface area contributed by atoms with Crippen LogP contribution in [0.3, 0.4) is 0 Å². The monoisotopic (exact) mass is 203 g/mol. The van der Waals surface area contributed by atoms with Crippen LogP contribution in [0.2, 0.25) is 0 Å². The molecular formula is C14H21N. The van der Waals surface area contributed by atoms with E-state index in [1.165, 1.54) is 24.8 Å². The van der Waals surface area contributed by atoms with Crippen LogP contribution in [0.4, 0.5) is 0 Å². The van der Waals surface area contributed by atoms with Crippen LogP contribution >= 0.6 is 0 Å². The Morgan fingerprint density at radius 2 is 2.13 bits per heavy atom. The van der Waals surface area contributed by atoms with Crippen molar-refractivity contribution < 1.29 is 0 Å². The zero-order valence-corrected chi connectivity index (χ0v) is 9.79. The zero-order chi connectivity index (χ0) is 10.7. The van der Waals surface area contributed by atoms with Crippen molar-refractivity contribution in [1.29, 1.82) is 0 Å². The van der Waals surface area contributed by atoms with Crippen molar-refractivity contribution in [3.8, 4) is 0 Å². The lowest BCUT2D eigenvalue weighted by Gasteiger charge is -2.27. The van der Waals surface area contributed by atoms with Crippen LogP contribution in [0.5, 0.6) is 0 Å². The number of fused-ring (bicyclic) bond motifs is 1. The molecule has 1 unspecified atom stereocenters. The average Bonchev–Trinajstić information content (AvgIpc) is 2.26. The highest BCUT2D eigenvalue weighted by Crippen LogP contribution is 2.27. The fraction of sp³-hybridized carbons (Fsp3) is 0.571. The van der Waals surface area contributed by atoms with Crippen molar-refractivity contribution in [1.82, 2.24) is 5.32 Å². The van der Waals surface area contributed by atoms with E-state index < -0.39 is 0 Å². The van der Waals surface area contributed by atoms with Gasteiger partial charge >= 0.3 is 0 Å². The summed E-state index contributed by atoms with van der Waals surface area (Å²) in [7, 11) is 0. The topological polar surface area (TPSA) is 12.0 Å². The number of benzene rings is 1. The van der Waals surface area contributed by atoms with Crippen molar-refractivity contribution >= 4 is 0 Å². The van der Waals surface area contributed by atoms with Crippen molar-refractivity contribution in [2.45, 2.75) is 39.2 Å². The summed E-state index contributed by atoms with van der Waals surface area (Å²) in [6.07, 6.45) is 3.77. The Morgan fingerprint density at radius 3 is 2.93 bits per heavy atom. The second-order valence-electron chi connectivity index (χ2n) is 4.93. The summed E-state index contributed by atoms with van der Waals surface area (Å²) in [5, 5.41) is 3.63. The Morgan fingerprint density at radius 1 is 1.33 bits per heavy atom. The maximum Gasteiger partial charge on any atom is 0.0323 e. The van der Waals surface area contributed by atoms with Gasteiger partial charge < -0.3 is 5.32 Å². The van der Waals surface area contributed by atoms with Crippen LogP contribution in [0.15, 0.2) is 24.3 Å². The second kappa shape index (κ2) is 4.80. The summed E-state index contributed by atoms with van der Waals surface area (Å²) in [5.74, 6) is 0.806. The van der Waals surface area contributed by atoms with Crippen LogP contribution in [-0.2, 0) is 6.42 Å². The smallest absolute Gasteiger partial charge is 0.0323 e. The average molecular weight is 203 g/mol. The van der Waals surface area contributed by atoms with Gasteiger partial charge in [-0.3, -0.25) is 0 Å². The van der Waals surface area contributed by atoms with Crippen molar-refractivity contribution in [2.24, 2.45) is 5.92 Å². The van der Waals surface area contributed by atoms with Gasteiger partial charge in [0, 0.05) is 6.04 Å². The fourth-order valence-electron chi connectivity index (χ4n) is 2.35. The second-order valence-corrected chi connectivity index (χ2v) is 4.93. The lowest BCUT2D eigenvalue weighted by molar-refractivity contribution is 0.426. The van der Waals surface area contributed by atoms with Crippen molar-refractivity contribution in [3.63, 3.8) is 0 Å². The van der Waals surface area contributed by atoms with Gasteiger partial charge in [-0.05, 0) is 42.9 Å². The number of hydrogen-bond acceptors (Lipinski definition) is 1. The summed E-state index contributed by atoms with van der Waals surface area (Å²) in [4.78, 5) is 0. The van der Waals surface area contributed by atoms with Gasteiger partial charge in [0.2, 0.25) is 0 Å². The van der Waals surface area contributed by atoms with E-state index in [0.29, 0.717) is 6.04 Å². The largest absolute Gasteiger partial charge is 0.310 e. The molecule has 0 bridgehead atoms. The van der Waals surface area contributed by atoms with E-state index in [1.54, 1.807) is 5.56 Å². The number of nitrogens with one attached hydrogen (secondary N) is 1. The third-order valence-electron chi connectivity index (χ3n) is 3.25. The molecule has 15 heavy (non-hydrogen) atoms. The molecule has 0 spiro atoms. The highest BCUT2D eigenvalue weighted by Gasteiger charge is 2.18. The van der Waals surface area contributed by atoms with E-state index >= 15 is 0 Å². The molecule has 0 aliphatic carbocycles. The van der Waals surface area contributed by atoms with Gasteiger partial charge in [-0.25, -0.2) is 0 Å². The minimum atomic E-state index is 0.595. The molecule has 1 aliphatic heterocycles. The Balaban J connectivity index is 2.08. The van der Waals surface area contributed by atoms with Crippen molar-refractivity contribution in [2.75, 3.05) is 6.54 Å². The molecule has 1 nitrogen and oxygen atoms in total. The molecule has 0 saturated carbocycles. The summed E-state index contributed by atoms with van der Waals surface area (Å²) < 4.78 is 0. The Bertz CT molecular complexity index is 317. The maximum absolute atomic E-state index is 3.63. The first kappa shape index (κ1) is 10.7. The van der Waals surface area contributed by atoms with Gasteiger partial charge in [0.15, 0.2) is 0 Å². The van der Waals surface area contributed by atoms with Crippen LogP contribution < -0.4 is 5.32 Å². The van der Waals surface area contributed by atoms with E-state index in [2.05, 4.69) is 43.4 Å². The van der Waals surface area contributed by atoms with Gasteiger partial charge in [-0.2, -0.15) is 0 Å². The molecule has 1 aromatic rings. The Kier molecular flexibility index (Phi) is 3.42. The molecule has 1 heterocycles. The predicted molar refractivity (Wildman–Crippen MR) is 65.0 cm³/mol. The summed E-state index contributed by atoms with van der Waals surface area (Å²) in [5.41, 5.74) is 3.08. The SMILES string of the molecule is CC(C)CCC1NCCc2ccccc21. The molecule has 0 saturated heterocycles. The molecule has 0 fully saturated rings. The minimum absolute atomic E-state index is 0.595. The Labute approximate surface area is 92.9 Å². The highest BCUT2D eigenvalue weighted by atomic mass is 14.9. The standard InChI is InChI=1S/C14H21N/c1-11(2)7-8-14-13-6-4-3-5-12(13)9-10-15-14/h3-6,11,14-15H,7-10H2,1-2H3. The van der Waals surface area contributed by atoms with E-state index in [1.807, 2.05) is 0 Å². The molecule has 0 radical (unpaired) electrons. The molecule has 1 aromatic carbocycles. The van der Waals surface area contributed by atoms with Gasteiger partial charge in [0.1, 0.15) is 0 Å². The quantitative estimate of drug-likeness (QED) is 0.794. The van der Waals surface area contributed by atoms with Crippen LogP contribution in [0, 0.1) is 5.92 Å². The molecule has 1 N–H and O–H groups in total. The number of hydrogen-bond donors (Lipinski definition) is 1. The van der Waals surface area contributed by atoms with E-state index in [-0.39, 0.29) is 0 Å². The normalized spacial score (nSPS) is 20.3. The van der Waals surface area contributed by atoms with Gasteiger partial charge in [-0.1, -0.05) is 38.1 Å². The Hall–Kier alpha value is -0.820. The highest BCUT2D eigenvalue weighted by molar-refractivity contribution is 5.32. The van der Waals surface area contributed by atoms with Crippen LogP contribution in [0.1, 0.15) is 43.9 Å². The van der Waals surface area contributed by atoms with E-state index in [4.69, 9.17) is 0 Å². The third kappa shape index (κ3) is 2.60. The molecule has 1 atom stereocenters. The molecule has 0 amide bonds. The molecule has 1 heteroatoms. The van der Waals surface area contributed by atoms with Crippen molar-refractivity contribution in [3.05, 3.63) is 35.4 Å². The molecular weight excluding hydrogens is 182 g/mol. The first-order valence-electron chi connectivity index (χ1n) is 6.08. The third-order valence-corrected chi connectivity index (χ3v) is 3.25. The first-order chi connectivity index (χ1) is 7.27. The molecule has 0 aromatic heterocycles. The van der Waals surface area contributed by atoms with Gasteiger partial charge in [0.05, 0.1) is 0 Å². The molecule has 2 rings (SSSR count).